The van der Waals surface area contributed by atoms with E-state index in [1.54, 1.807) is 6.34 Å². The molecule has 70 valence electrons. The van der Waals surface area contributed by atoms with Crippen molar-refractivity contribution in [2.24, 2.45) is 20.8 Å². The molecule has 0 saturated heterocycles. The van der Waals surface area contributed by atoms with Crippen molar-refractivity contribution in [1.82, 2.24) is 0 Å². The van der Waals surface area contributed by atoms with Gasteiger partial charge in [-0.15, -0.1) is 0 Å². The fourth-order valence-electron chi connectivity index (χ4n) is 2.53. The first-order valence-corrected chi connectivity index (χ1v) is 4.86. The molecule has 2 heteroatoms. The number of nitrogens with zero attached hydrogens (tertiary/aromatic N) is 2. The smallest absolute Gasteiger partial charge is 0.115 e. The summed E-state index contributed by atoms with van der Waals surface area (Å²) in [4.78, 5) is 8.54. The Labute approximate surface area is 83.5 Å². The molecule has 1 aliphatic heterocycles. The molecule has 14 heavy (non-hydrogen) atoms. The molecule has 0 amide bonds. The van der Waals surface area contributed by atoms with Crippen LogP contribution in [0.5, 0.6) is 0 Å². The zero-order chi connectivity index (χ0) is 9.81. The van der Waals surface area contributed by atoms with Gasteiger partial charge >= 0.3 is 0 Å². The molecule has 3 aliphatic rings. The van der Waals surface area contributed by atoms with Crippen molar-refractivity contribution in [1.29, 1.82) is 0 Å². The van der Waals surface area contributed by atoms with Gasteiger partial charge < -0.3 is 0 Å². The van der Waals surface area contributed by atoms with Crippen LogP contribution in [0.4, 0.5) is 0 Å². The zero-order valence-electron chi connectivity index (χ0n) is 8.36. The van der Waals surface area contributed by atoms with Crippen molar-refractivity contribution in [2.75, 3.05) is 0 Å². The number of rotatable bonds is 0. The van der Waals surface area contributed by atoms with Gasteiger partial charge in [0.2, 0.25) is 0 Å². The van der Waals surface area contributed by atoms with E-state index in [-0.39, 0.29) is 10.8 Å². The van der Waals surface area contributed by atoms with E-state index in [0.29, 0.717) is 0 Å². The van der Waals surface area contributed by atoms with E-state index < -0.39 is 0 Å². The van der Waals surface area contributed by atoms with Gasteiger partial charge in [-0.1, -0.05) is 25.2 Å². The molecule has 0 radical (unpaired) electrons. The topological polar surface area (TPSA) is 24.7 Å². The highest BCUT2D eigenvalue weighted by molar-refractivity contribution is 6.09. The van der Waals surface area contributed by atoms with E-state index in [1.165, 1.54) is 5.57 Å². The maximum atomic E-state index is 4.39. The standard InChI is InChI=1S/C12H12N2/c1-11-5-3-9-7-13-8-14-10(4-6-11)12(9,11)2/h3-8H,1-2H3/t11-,12+/m0/s1. The van der Waals surface area contributed by atoms with Crippen molar-refractivity contribution in [2.45, 2.75) is 13.8 Å². The van der Waals surface area contributed by atoms with Crippen LogP contribution in [0.1, 0.15) is 13.8 Å². The molecular weight excluding hydrogens is 172 g/mol. The monoisotopic (exact) mass is 184 g/mol. The van der Waals surface area contributed by atoms with Crippen LogP contribution >= 0.6 is 0 Å². The van der Waals surface area contributed by atoms with Gasteiger partial charge in [0.1, 0.15) is 6.34 Å². The average molecular weight is 184 g/mol. The van der Waals surface area contributed by atoms with E-state index >= 15 is 0 Å². The van der Waals surface area contributed by atoms with Crippen LogP contribution in [0.3, 0.4) is 0 Å². The van der Waals surface area contributed by atoms with Gasteiger partial charge in [0, 0.05) is 17.0 Å². The van der Waals surface area contributed by atoms with Crippen LogP contribution in [0.25, 0.3) is 0 Å². The van der Waals surface area contributed by atoms with Gasteiger partial charge in [0.05, 0.1) is 5.71 Å². The highest BCUT2D eigenvalue weighted by Crippen LogP contribution is 2.57. The minimum atomic E-state index is 0.00347. The van der Waals surface area contributed by atoms with Gasteiger partial charge in [-0.3, -0.25) is 0 Å². The minimum absolute atomic E-state index is 0.00347. The summed E-state index contributed by atoms with van der Waals surface area (Å²) in [5.41, 5.74) is 2.48. The Morgan fingerprint density at radius 3 is 2.79 bits per heavy atom. The molecule has 0 fully saturated rings. The molecule has 3 rings (SSSR count). The molecule has 0 N–H and O–H groups in total. The fourth-order valence-corrected chi connectivity index (χ4v) is 2.53. The Balaban J connectivity index is 2.34. The predicted molar refractivity (Wildman–Crippen MR) is 58.5 cm³/mol. The lowest BCUT2D eigenvalue weighted by atomic mass is 9.67. The summed E-state index contributed by atoms with van der Waals surface area (Å²) in [5.74, 6) is 0. The Bertz CT molecular complexity index is 413. The van der Waals surface area contributed by atoms with E-state index in [0.717, 1.165) is 5.71 Å². The number of hydrogen-bond acceptors (Lipinski definition) is 2. The predicted octanol–water partition coefficient (Wildman–Crippen LogP) is 2.51. The number of allylic oxidation sites excluding steroid dienone is 5. The molecular formula is C12H12N2. The highest BCUT2D eigenvalue weighted by atomic mass is 14.9. The van der Waals surface area contributed by atoms with Crippen LogP contribution < -0.4 is 0 Å². The van der Waals surface area contributed by atoms with Crippen molar-refractivity contribution in [3.05, 3.63) is 36.1 Å². The summed E-state index contributed by atoms with van der Waals surface area (Å²) < 4.78 is 0. The van der Waals surface area contributed by atoms with Crippen LogP contribution in [0, 0.1) is 10.8 Å². The van der Waals surface area contributed by atoms with Crippen molar-refractivity contribution in [3.8, 4) is 0 Å². The maximum absolute atomic E-state index is 4.39. The third-order valence-electron chi connectivity index (χ3n) is 3.84. The van der Waals surface area contributed by atoms with E-state index in [2.05, 4.69) is 48.1 Å². The molecule has 0 aromatic heterocycles. The second-order valence-electron chi connectivity index (χ2n) is 4.44. The lowest BCUT2D eigenvalue weighted by molar-refractivity contribution is 0.364. The van der Waals surface area contributed by atoms with Crippen molar-refractivity contribution in [3.63, 3.8) is 0 Å². The quantitative estimate of drug-likeness (QED) is 0.552. The Morgan fingerprint density at radius 2 is 1.93 bits per heavy atom. The van der Waals surface area contributed by atoms with Gasteiger partial charge in [0.25, 0.3) is 0 Å². The average Bonchev–Trinajstić information content (AvgIpc) is 2.49. The first kappa shape index (κ1) is 7.92. The number of aliphatic imine (C=N–C) groups is 2. The molecule has 1 heterocycles. The first-order valence-electron chi connectivity index (χ1n) is 4.86. The molecule has 2 nitrogen and oxygen atoms in total. The largest absolute Gasteiger partial charge is 0.245 e. The normalized spacial score (nSPS) is 42.1. The third kappa shape index (κ3) is 0.649. The second kappa shape index (κ2) is 2.14. The van der Waals surface area contributed by atoms with Crippen LogP contribution in [-0.4, -0.2) is 12.1 Å². The molecule has 0 unspecified atom stereocenters. The first-order chi connectivity index (χ1) is 6.67. The van der Waals surface area contributed by atoms with Crippen molar-refractivity contribution >= 4 is 12.1 Å². The molecule has 0 aromatic rings. The molecule has 0 spiro atoms. The lowest BCUT2D eigenvalue weighted by Gasteiger charge is -2.34. The fraction of sp³-hybridized carbons (Fsp3) is 0.333. The molecule has 0 bridgehead atoms. The van der Waals surface area contributed by atoms with Gasteiger partial charge in [-0.05, 0) is 18.6 Å². The van der Waals surface area contributed by atoms with E-state index in [4.69, 9.17) is 0 Å². The van der Waals surface area contributed by atoms with Gasteiger partial charge in [-0.2, -0.15) is 0 Å². The molecule has 2 atom stereocenters. The molecule has 0 aromatic carbocycles. The summed E-state index contributed by atoms with van der Waals surface area (Å²) in [5, 5.41) is 0. The zero-order valence-corrected chi connectivity index (χ0v) is 8.36. The van der Waals surface area contributed by atoms with E-state index in [1.807, 2.05) is 6.20 Å². The summed E-state index contributed by atoms with van der Waals surface area (Å²) in [6.07, 6.45) is 12.3. The number of hydrogen-bond donors (Lipinski definition) is 0. The van der Waals surface area contributed by atoms with Crippen LogP contribution in [0.15, 0.2) is 46.1 Å². The minimum Gasteiger partial charge on any atom is -0.245 e. The summed E-state index contributed by atoms with van der Waals surface area (Å²) in [6.45, 7) is 4.49. The van der Waals surface area contributed by atoms with Crippen LogP contribution in [0.2, 0.25) is 0 Å². The lowest BCUT2D eigenvalue weighted by Crippen LogP contribution is -2.34. The van der Waals surface area contributed by atoms with Crippen LogP contribution in [-0.2, 0) is 0 Å². The highest BCUT2D eigenvalue weighted by Gasteiger charge is 2.53. The molecule has 0 saturated carbocycles. The summed E-state index contributed by atoms with van der Waals surface area (Å²) in [7, 11) is 0. The third-order valence-corrected chi connectivity index (χ3v) is 3.84. The maximum Gasteiger partial charge on any atom is 0.115 e. The second-order valence-corrected chi connectivity index (χ2v) is 4.44. The Morgan fingerprint density at radius 1 is 1.14 bits per heavy atom. The van der Waals surface area contributed by atoms with Gasteiger partial charge in [0.15, 0.2) is 0 Å². The van der Waals surface area contributed by atoms with Crippen molar-refractivity contribution < 1.29 is 0 Å². The summed E-state index contributed by atoms with van der Waals surface area (Å²) >= 11 is 0. The van der Waals surface area contributed by atoms with Gasteiger partial charge in [-0.25, -0.2) is 9.98 Å². The summed E-state index contributed by atoms with van der Waals surface area (Å²) in [6, 6.07) is 0. The SMILES string of the molecule is C[C@]12C=CC3=CN=CN=C(C=C1)[C@@]32C. The molecule has 2 aliphatic carbocycles. The Hall–Kier alpha value is -1.44. The van der Waals surface area contributed by atoms with E-state index in [9.17, 15) is 0 Å². The Kier molecular flexibility index (Phi) is 1.21.